The van der Waals surface area contributed by atoms with Crippen LogP contribution >= 0.6 is 11.8 Å². The number of esters is 2. The maximum atomic E-state index is 11.4. The van der Waals surface area contributed by atoms with Gasteiger partial charge in [-0.15, -0.1) is 0 Å². The molecule has 23 heavy (non-hydrogen) atoms. The van der Waals surface area contributed by atoms with Gasteiger partial charge in [0.25, 0.3) is 0 Å². The number of carbonyl (C=O) groups is 2. The molecule has 1 fully saturated rings. The van der Waals surface area contributed by atoms with Crippen molar-refractivity contribution < 1.29 is 28.5 Å². The van der Waals surface area contributed by atoms with Crippen LogP contribution in [-0.2, 0) is 28.5 Å². The second-order valence-corrected chi connectivity index (χ2v) is 6.95. The highest BCUT2D eigenvalue weighted by Crippen LogP contribution is 2.32. The molecule has 6 nitrogen and oxygen atoms in total. The van der Waals surface area contributed by atoms with E-state index in [0.29, 0.717) is 13.0 Å². The van der Waals surface area contributed by atoms with Crippen molar-refractivity contribution >= 4 is 23.7 Å². The first kappa shape index (κ1) is 20.3. The zero-order chi connectivity index (χ0) is 17.2. The van der Waals surface area contributed by atoms with E-state index in [1.54, 1.807) is 11.8 Å². The topological polar surface area (TPSA) is 71.1 Å². The zero-order valence-corrected chi connectivity index (χ0v) is 15.2. The molecule has 0 unspecified atom stereocenters. The van der Waals surface area contributed by atoms with Crippen LogP contribution in [0.1, 0.15) is 47.0 Å². The number of thioether (sulfide) groups is 1. The summed E-state index contributed by atoms with van der Waals surface area (Å²) in [6.07, 6.45) is 1.35. The van der Waals surface area contributed by atoms with Gasteiger partial charge in [0, 0.05) is 32.1 Å². The minimum Gasteiger partial charge on any atom is -0.463 e. The predicted octanol–water partition coefficient (Wildman–Crippen LogP) is 2.53. The van der Waals surface area contributed by atoms with Gasteiger partial charge in [0.1, 0.15) is 18.8 Å². The Labute approximate surface area is 142 Å². The van der Waals surface area contributed by atoms with Gasteiger partial charge in [-0.3, -0.25) is 9.59 Å². The fourth-order valence-corrected chi connectivity index (χ4v) is 3.55. The molecule has 0 bridgehead atoms. The molecule has 0 N–H and O–H groups in total. The van der Waals surface area contributed by atoms with Crippen molar-refractivity contribution in [3.05, 3.63) is 0 Å². The number of carbonyl (C=O) groups excluding carboxylic acids is 2. The zero-order valence-electron chi connectivity index (χ0n) is 14.4. The van der Waals surface area contributed by atoms with Crippen molar-refractivity contribution in [2.75, 3.05) is 19.0 Å². The molecule has 0 amide bonds. The van der Waals surface area contributed by atoms with Crippen LogP contribution in [0, 0.1) is 0 Å². The average molecular weight is 348 g/mol. The van der Waals surface area contributed by atoms with Gasteiger partial charge in [0.2, 0.25) is 0 Å². The van der Waals surface area contributed by atoms with E-state index < -0.39 is 12.2 Å². The third kappa shape index (κ3) is 7.54. The SMILES string of the molecule is CCCCO[C@@H]1C[C@@H](SCC)[C@H](OC(C)=O)[C@@H](COC(C)=O)O1. The van der Waals surface area contributed by atoms with Crippen molar-refractivity contribution in [2.45, 2.75) is 70.7 Å². The van der Waals surface area contributed by atoms with Crippen molar-refractivity contribution in [2.24, 2.45) is 0 Å². The number of hydrogen-bond donors (Lipinski definition) is 0. The fraction of sp³-hybridized carbons (Fsp3) is 0.875. The van der Waals surface area contributed by atoms with Gasteiger partial charge >= 0.3 is 11.9 Å². The summed E-state index contributed by atoms with van der Waals surface area (Å²) in [5, 5.41) is 0.0600. The van der Waals surface area contributed by atoms with E-state index in [-0.39, 0.29) is 30.1 Å². The van der Waals surface area contributed by atoms with E-state index in [1.165, 1.54) is 13.8 Å². The van der Waals surface area contributed by atoms with Crippen LogP contribution in [0.3, 0.4) is 0 Å². The van der Waals surface area contributed by atoms with Crippen LogP contribution in [0.15, 0.2) is 0 Å². The first-order valence-electron chi connectivity index (χ1n) is 8.17. The molecular formula is C16H28O6S. The lowest BCUT2D eigenvalue weighted by Crippen LogP contribution is -2.52. The Hall–Kier alpha value is -0.790. The van der Waals surface area contributed by atoms with Crippen LogP contribution in [0.5, 0.6) is 0 Å². The molecule has 1 saturated heterocycles. The van der Waals surface area contributed by atoms with E-state index in [0.717, 1.165) is 18.6 Å². The van der Waals surface area contributed by atoms with E-state index in [1.807, 2.05) is 0 Å². The molecule has 0 aliphatic carbocycles. The smallest absolute Gasteiger partial charge is 0.303 e. The monoisotopic (exact) mass is 348 g/mol. The van der Waals surface area contributed by atoms with Crippen LogP contribution in [-0.4, -0.2) is 54.7 Å². The lowest BCUT2D eigenvalue weighted by Gasteiger charge is -2.40. The van der Waals surface area contributed by atoms with Crippen molar-refractivity contribution in [3.63, 3.8) is 0 Å². The molecule has 0 radical (unpaired) electrons. The van der Waals surface area contributed by atoms with Gasteiger partial charge in [0.05, 0.1) is 0 Å². The summed E-state index contributed by atoms with van der Waals surface area (Å²) in [5.41, 5.74) is 0. The highest BCUT2D eigenvalue weighted by atomic mass is 32.2. The summed E-state index contributed by atoms with van der Waals surface area (Å²) in [4.78, 5) is 22.5. The van der Waals surface area contributed by atoms with Crippen molar-refractivity contribution in [3.8, 4) is 0 Å². The molecule has 0 aromatic carbocycles. The highest BCUT2D eigenvalue weighted by molar-refractivity contribution is 7.99. The fourth-order valence-electron chi connectivity index (χ4n) is 2.41. The number of unbranched alkanes of at least 4 members (excludes halogenated alkanes) is 1. The standard InChI is InChI=1S/C16H28O6S/c1-5-7-8-19-15-9-14(23-6-2)16(21-12(4)18)13(22-15)10-20-11(3)17/h13-16H,5-10H2,1-4H3/t13-,14-,15+,16-/m1/s1. The Morgan fingerprint density at radius 1 is 1.22 bits per heavy atom. The molecular weight excluding hydrogens is 320 g/mol. The van der Waals surface area contributed by atoms with E-state index >= 15 is 0 Å². The predicted molar refractivity (Wildman–Crippen MR) is 88.2 cm³/mol. The number of rotatable bonds is 9. The van der Waals surface area contributed by atoms with Gasteiger partial charge in [0.15, 0.2) is 6.29 Å². The minimum absolute atomic E-state index is 0.0572. The van der Waals surface area contributed by atoms with Gasteiger partial charge in [-0.1, -0.05) is 20.3 Å². The molecule has 1 aliphatic heterocycles. The van der Waals surface area contributed by atoms with Gasteiger partial charge in [-0.2, -0.15) is 11.8 Å². The summed E-state index contributed by atoms with van der Waals surface area (Å²) >= 11 is 1.71. The lowest BCUT2D eigenvalue weighted by atomic mass is 10.0. The molecule has 0 spiro atoms. The Morgan fingerprint density at radius 3 is 2.52 bits per heavy atom. The molecule has 0 aromatic rings. The molecule has 1 heterocycles. The summed E-state index contributed by atoms with van der Waals surface area (Å²) < 4.78 is 22.2. The van der Waals surface area contributed by atoms with E-state index in [2.05, 4.69) is 13.8 Å². The highest BCUT2D eigenvalue weighted by Gasteiger charge is 2.42. The van der Waals surface area contributed by atoms with Gasteiger partial charge in [-0.25, -0.2) is 0 Å². The Kier molecular flexibility index (Phi) is 9.59. The first-order chi connectivity index (χ1) is 11.0. The van der Waals surface area contributed by atoms with Gasteiger partial charge in [-0.05, 0) is 12.2 Å². The van der Waals surface area contributed by atoms with Crippen LogP contribution in [0.25, 0.3) is 0 Å². The maximum Gasteiger partial charge on any atom is 0.303 e. The van der Waals surface area contributed by atoms with Crippen molar-refractivity contribution in [1.82, 2.24) is 0 Å². The Balaban J connectivity index is 2.76. The number of ether oxygens (including phenoxy) is 4. The average Bonchev–Trinajstić information content (AvgIpc) is 2.48. The summed E-state index contributed by atoms with van der Waals surface area (Å²) in [5.74, 6) is 0.145. The summed E-state index contributed by atoms with van der Waals surface area (Å²) in [6.45, 7) is 7.56. The van der Waals surface area contributed by atoms with Crippen molar-refractivity contribution in [1.29, 1.82) is 0 Å². The molecule has 134 valence electrons. The molecule has 0 aromatic heterocycles. The minimum atomic E-state index is -0.507. The Bertz CT molecular complexity index is 376. The van der Waals surface area contributed by atoms with Crippen LogP contribution in [0.4, 0.5) is 0 Å². The van der Waals surface area contributed by atoms with Gasteiger partial charge < -0.3 is 18.9 Å². The quantitative estimate of drug-likeness (QED) is 0.468. The summed E-state index contributed by atoms with van der Waals surface area (Å²) in [7, 11) is 0. The third-order valence-corrected chi connectivity index (χ3v) is 4.64. The Morgan fingerprint density at radius 2 is 1.96 bits per heavy atom. The second kappa shape index (κ2) is 10.9. The van der Waals surface area contributed by atoms with E-state index in [9.17, 15) is 9.59 Å². The normalized spacial score (nSPS) is 27.5. The molecule has 0 saturated carbocycles. The number of hydrogen-bond acceptors (Lipinski definition) is 7. The third-order valence-electron chi connectivity index (χ3n) is 3.42. The first-order valence-corrected chi connectivity index (χ1v) is 9.22. The van der Waals surface area contributed by atoms with Crippen LogP contribution in [0.2, 0.25) is 0 Å². The molecule has 7 heteroatoms. The maximum absolute atomic E-state index is 11.4. The lowest BCUT2D eigenvalue weighted by molar-refractivity contribution is -0.235. The molecule has 1 aliphatic rings. The second-order valence-electron chi connectivity index (χ2n) is 5.43. The van der Waals surface area contributed by atoms with Crippen LogP contribution < -0.4 is 0 Å². The van der Waals surface area contributed by atoms with E-state index in [4.69, 9.17) is 18.9 Å². The largest absolute Gasteiger partial charge is 0.463 e. The summed E-state index contributed by atoms with van der Waals surface area (Å²) in [6, 6.07) is 0. The molecule has 1 rings (SSSR count). The molecule has 4 atom stereocenters.